The van der Waals surface area contributed by atoms with Crippen LogP contribution < -0.4 is 24.7 Å². The third-order valence-electron chi connectivity index (χ3n) is 6.35. The Bertz CT molecular complexity index is 1640. The number of nitriles is 1. The van der Waals surface area contributed by atoms with Crippen LogP contribution in [-0.4, -0.2) is 12.6 Å². The first-order valence-corrected chi connectivity index (χ1v) is 13.0. The zero-order valence-electron chi connectivity index (χ0n) is 21.6. The van der Waals surface area contributed by atoms with Gasteiger partial charge in [-0.15, -0.1) is 0 Å². The quantitative estimate of drug-likeness (QED) is 0.190. The molecule has 0 fully saturated rings. The van der Waals surface area contributed by atoms with Crippen molar-refractivity contribution >= 4 is 17.6 Å². The van der Waals surface area contributed by atoms with Crippen LogP contribution in [0.3, 0.4) is 0 Å². The standard InChI is InChI=1S/C32H25ClN2O5/c1-2-37-28-13-6-4-11-25(28)32(36)39-23-14-15-24-29(17-23)40-31(35)26(18-34)30(24)20-9-7-10-22(16-20)38-19-21-8-3-5-12-27(21)33/h3-17,30H,2,19,35H2,1H3. The first-order valence-electron chi connectivity index (χ1n) is 12.6. The Kier molecular flexibility index (Phi) is 7.90. The second-order valence-electron chi connectivity index (χ2n) is 8.90. The van der Waals surface area contributed by atoms with Gasteiger partial charge in [-0.25, -0.2) is 4.79 Å². The van der Waals surface area contributed by atoms with Gasteiger partial charge in [-0.1, -0.05) is 60.1 Å². The summed E-state index contributed by atoms with van der Waals surface area (Å²) in [5, 5.41) is 10.6. The second-order valence-corrected chi connectivity index (χ2v) is 9.30. The number of allylic oxidation sites excluding steroid dienone is 1. The highest BCUT2D eigenvalue weighted by atomic mass is 35.5. The van der Waals surface area contributed by atoms with Crippen molar-refractivity contribution in [1.29, 1.82) is 5.26 Å². The Balaban J connectivity index is 1.42. The van der Waals surface area contributed by atoms with Gasteiger partial charge < -0.3 is 24.7 Å². The molecule has 0 spiro atoms. The molecule has 0 aliphatic carbocycles. The van der Waals surface area contributed by atoms with E-state index in [1.54, 1.807) is 42.5 Å². The Morgan fingerprint density at radius 2 is 1.77 bits per heavy atom. The number of fused-ring (bicyclic) bond motifs is 1. The van der Waals surface area contributed by atoms with Crippen LogP contribution in [0.15, 0.2) is 102 Å². The maximum atomic E-state index is 12.9. The van der Waals surface area contributed by atoms with Crippen molar-refractivity contribution in [3.05, 3.63) is 130 Å². The van der Waals surface area contributed by atoms with Gasteiger partial charge in [0, 0.05) is 22.2 Å². The van der Waals surface area contributed by atoms with E-state index in [0.717, 1.165) is 11.1 Å². The summed E-state index contributed by atoms with van der Waals surface area (Å²) in [6, 6.07) is 29.0. The first kappa shape index (κ1) is 26.7. The van der Waals surface area contributed by atoms with Gasteiger partial charge in [0.25, 0.3) is 0 Å². The van der Waals surface area contributed by atoms with Crippen molar-refractivity contribution in [2.24, 2.45) is 5.73 Å². The summed E-state index contributed by atoms with van der Waals surface area (Å²) < 4.78 is 23.0. The third-order valence-corrected chi connectivity index (χ3v) is 6.72. The Morgan fingerprint density at radius 3 is 2.58 bits per heavy atom. The highest BCUT2D eigenvalue weighted by Gasteiger charge is 2.31. The van der Waals surface area contributed by atoms with Crippen LogP contribution >= 0.6 is 11.6 Å². The fourth-order valence-electron chi connectivity index (χ4n) is 4.48. The lowest BCUT2D eigenvalue weighted by Crippen LogP contribution is -2.21. The molecule has 0 radical (unpaired) electrons. The highest BCUT2D eigenvalue weighted by Crippen LogP contribution is 2.44. The molecule has 0 aromatic heterocycles. The summed E-state index contributed by atoms with van der Waals surface area (Å²) in [4.78, 5) is 12.9. The third kappa shape index (κ3) is 5.58. The summed E-state index contributed by atoms with van der Waals surface area (Å²) >= 11 is 6.27. The lowest BCUT2D eigenvalue weighted by molar-refractivity contribution is 0.0730. The van der Waals surface area contributed by atoms with E-state index in [1.165, 1.54) is 0 Å². The van der Waals surface area contributed by atoms with Crippen molar-refractivity contribution in [2.75, 3.05) is 6.61 Å². The van der Waals surface area contributed by atoms with Crippen molar-refractivity contribution in [1.82, 2.24) is 0 Å². The van der Waals surface area contributed by atoms with Crippen molar-refractivity contribution in [3.63, 3.8) is 0 Å². The number of para-hydroxylation sites is 1. The molecule has 0 saturated heterocycles. The van der Waals surface area contributed by atoms with Gasteiger partial charge in [0.05, 0.1) is 12.5 Å². The molecule has 1 heterocycles. The van der Waals surface area contributed by atoms with Gasteiger partial charge in [0.15, 0.2) is 0 Å². The number of nitrogens with zero attached hydrogens (tertiary/aromatic N) is 1. The number of hydrogen-bond acceptors (Lipinski definition) is 7. The minimum absolute atomic E-state index is 0.0208. The first-order chi connectivity index (χ1) is 19.5. The van der Waals surface area contributed by atoms with Crippen LogP contribution in [0.5, 0.6) is 23.0 Å². The Hall–Kier alpha value is -4.93. The summed E-state index contributed by atoms with van der Waals surface area (Å²) in [7, 11) is 0. The number of carbonyl (C=O) groups is 1. The van der Waals surface area contributed by atoms with Gasteiger partial charge in [-0.3, -0.25) is 0 Å². The molecular weight excluding hydrogens is 528 g/mol. The number of ether oxygens (including phenoxy) is 4. The Morgan fingerprint density at radius 1 is 0.975 bits per heavy atom. The largest absolute Gasteiger partial charge is 0.493 e. The van der Waals surface area contributed by atoms with Gasteiger partial charge in [0.1, 0.15) is 46.8 Å². The van der Waals surface area contributed by atoms with Crippen LogP contribution in [0.2, 0.25) is 5.02 Å². The number of rotatable bonds is 8. The highest BCUT2D eigenvalue weighted by molar-refractivity contribution is 6.31. The summed E-state index contributed by atoms with van der Waals surface area (Å²) in [6.07, 6.45) is 0. The minimum Gasteiger partial charge on any atom is -0.493 e. The van der Waals surface area contributed by atoms with Crippen LogP contribution in [0.25, 0.3) is 0 Å². The van der Waals surface area contributed by atoms with Crippen molar-refractivity contribution < 1.29 is 23.7 Å². The van der Waals surface area contributed by atoms with Gasteiger partial charge in [0.2, 0.25) is 5.88 Å². The predicted octanol–water partition coefficient (Wildman–Crippen LogP) is 6.76. The molecule has 1 atom stereocenters. The molecule has 200 valence electrons. The summed E-state index contributed by atoms with van der Waals surface area (Å²) in [6.45, 7) is 2.54. The van der Waals surface area contributed by atoms with Crippen LogP contribution in [0.4, 0.5) is 0 Å². The van der Waals surface area contributed by atoms with Gasteiger partial charge in [-0.2, -0.15) is 5.26 Å². The molecule has 1 aliphatic heterocycles. The molecule has 1 aliphatic rings. The van der Waals surface area contributed by atoms with Crippen molar-refractivity contribution in [2.45, 2.75) is 19.4 Å². The van der Waals surface area contributed by atoms with Crippen molar-refractivity contribution in [3.8, 4) is 29.1 Å². The number of carbonyl (C=O) groups excluding carboxylic acids is 1. The number of esters is 1. The van der Waals surface area contributed by atoms with E-state index < -0.39 is 11.9 Å². The zero-order chi connectivity index (χ0) is 28.1. The molecule has 5 rings (SSSR count). The van der Waals surface area contributed by atoms with E-state index in [9.17, 15) is 10.1 Å². The lowest BCUT2D eigenvalue weighted by Gasteiger charge is -2.27. The summed E-state index contributed by atoms with van der Waals surface area (Å²) in [5.41, 5.74) is 9.10. The van der Waals surface area contributed by atoms with E-state index in [0.29, 0.717) is 40.0 Å². The monoisotopic (exact) mass is 552 g/mol. The number of nitrogens with two attached hydrogens (primary N) is 1. The van der Waals surface area contributed by atoms with E-state index in [2.05, 4.69) is 6.07 Å². The second kappa shape index (κ2) is 11.9. The zero-order valence-corrected chi connectivity index (χ0v) is 22.4. The maximum Gasteiger partial charge on any atom is 0.347 e. The van der Waals surface area contributed by atoms with Crippen LogP contribution in [0.1, 0.15) is 39.9 Å². The molecule has 7 nitrogen and oxygen atoms in total. The summed E-state index contributed by atoms with van der Waals surface area (Å²) in [5.74, 6) is 0.590. The van der Waals surface area contributed by atoms with E-state index in [1.807, 2.05) is 55.5 Å². The van der Waals surface area contributed by atoms with Gasteiger partial charge >= 0.3 is 5.97 Å². The fourth-order valence-corrected chi connectivity index (χ4v) is 4.67. The van der Waals surface area contributed by atoms with E-state index >= 15 is 0 Å². The minimum atomic E-state index is -0.569. The lowest BCUT2D eigenvalue weighted by atomic mass is 9.83. The van der Waals surface area contributed by atoms with Crippen LogP contribution in [0, 0.1) is 11.3 Å². The van der Waals surface area contributed by atoms with E-state index in [4.69, 9.17) is 36.3 Å². The molecule has 0 amide bonds. The number of hydrogen-bond donors (Lipinski definition) is 1. The predicted molar refractivity (Wildman–Crippen MR) is 151 cm³/mol. The molecule has 0 saturated carbocycles. The molecule has 2 N–H and O–H groups in total. The molecule has 8 heteroatoms. The molecule has 1 unspecified atom stereocenters. The molecule has 4 aromatic carbocycles. The van der Waals surface area contributed by atoms with E-state index in [-0.39, 0.29) is 23.8 Å². The number of benzene rings is 4. The fraction of sp³-hybridized carbons (Fsp3) is 0.125. The molecule has 0 bridgehead atoms. The average molecular weight is 553 g/mol. The maximum absolute atomic E-state index is 12.9. The molecule has 4 aromatic rings. The molecule has 40 heavy (non-hydrogen) atoms. The average Bonchev–Trinajstić information content (AvgIpc) is 2.96. The Labute approximate surface area is 236 Å². The molecular formula is C32H25ClN2O5. The van der Waals surface area contributed by atoms with Gasteiger partial charge in [-0.05, 0) is 48.9 Å². The van der Waals surface area contributed by atoms with Crippen LogP contribution in [-0.2, 0) is 6.61 Å². The smallest absolute Gasteiger partial charge is 0.347 e. The SMILES string of the molecule is CCOc1ccccc1C(=O)Oc1ccc2c(c1)OC(N)=C(C#N)C2c1cccc(OCc2ccccc2Cl)c1. The topological polar surface area (TPSA) is 104 Å². The number of halogens is 1. The normalized spacial score (nSPS) is 14.0.